The van der Waals surface area contributed by atoms with Gasteiger partial charge >= 0.3 is 0 Å². The third-order valence-electron chi connectivity index (χ3n) is 3.87. The molecular weight excluding hydrogens is 358 g/mol. The van der Waals surface area contributed by atoms with Crippen LogP contribution >= 0.6 is 11.3 Å². The van der Waals surface area contributed by atoms with Gasteiger partial charge in [-0.05, 0) is 32.4 Å². The summed E-state index contributed by atoms with van der Waals surface area (Å²) in [6.07, 6.45) is 3.81. The number of amides is 1. The average Bonchev–Trinajstić information content (AvgIpc) is 3.13. The van der Waals surface area contributed by atoms with Crippen LogP contribution in [0.5, 0.6) is 0 Å². The van der Waals surface area contributed by atoms with Crippen molar-refractivity contribution < 1.29 is 4.79 Å². The summed E-state index contributed by atoms with van der Waals surface area (Å²) in [7, 11) is 0. The van der Waals surface area contributed by atoms with E-state index < -0.39 is 0 Å². The van der Waals surface area contributed by atoms with E-state index in [2.05, 4.69) is 32.9 Å². The molecule has 0 saturated carbocycles. The number of guanidine groups is 1. The van der Waals surface area contributed by atoms with Gasteiger partial charge in [0.05, 0.1) is 5.01 Å². The molecule has 0 aliphatic heterocycles. The first-order valence-corrected chi connectivity index (χ1v) is 10.2. The van der Waals surface area contributed by atoms with Crippen LogP contribution < -0.4 is 16.0 Å². The lowest BCUT2D eigenvalue weighted by atomic mass is 10.1. The molecule has 0 unspecified atom stereocenters. The third-order valence-corrected chi connectivity index (χ3v) is 5.07. The summed E-state index contributed by atoms with van der Waals surface area (Å²) >= 11 is 1.75. The first-order valence-electron chi connectivity index (χ1n) is 9.43. The van der Waals surface area contributed by atoms with E-state index >= 15 is 0 Å². The Morgan fingerprint density at radius 2 is 2.00 bits per heavy atom. The van der Waals surface area contributed by atoms with E-state index in [-0.39, 0.29) is 5.91 Å². The Morgan fingerprint density at radius 3 is 2.70 bits per heavy atom. The van der Waals surface area contributed by atoms with Crippen LogP contribution in [0.1, 0.15) is 39.7 Å². The summed E-state index contributed by atoms with van der Waals surface area (Å²) in [5.41, 5.74) is 1.76. The van der Waals surface area contributed by atoms with Gasteiger partial charge in [-0.2, -0.15) is 0 Å². The smallest absolute Gasteiger partial charge is 0.251 e. The maximum atomic E-state index is 12.1. The molecule has 0 atom stereocenters. The second kappa shape index (κ2) is 11.3. The summed E-state index contributed by atoms with van der Waals surface area (Å²) < 4.78 is 0. The molecule has 3 N–H and O–H groups in total. The van der Waals surface area contributed by atoms with Gasteiger partial charge in [0.15, 0.2) is 5.96 Å². The molecule has 2 aromatic rings. The summed E-state index contributed by atoms with van der Waals surface area (Å²) in [5.74, 6) is 0.701. The molecule has 7 heteroatoms. The Labute approximate surface area is 165 Å². The lowest BCUT2D eigenvalue weighted by Gasteiger charge is -2.12. The monoisotopic (exact) mass is 387 g/mol. The van der Waals surface area contributed by atoms with Crippen LogP contribution in [0, 0.1) is 6.92 Å². The van der Waals surface area contributed by atoms with Crippen LogP contribution in [0.15, 0.2) is 35.5 Å². The minimum Gasteiger partial charge on any atom is -0.357 e. The molecule has 0 bridgehead atoms. The van der Waals surface area contributed by atoms with Crippen molar-refractivity contribution in [2.45, 2.75) is 33.6 Å². The van der Waals surface area contributed by atoms with Crippen LogP contribution in [-0.4, -0.2) is 43.0 Å². The number of carbonyl (C=O) groups excluding carboxylic acids is 1. The molecule has 27 heavy (non-hydrogen) atoms. The van der Waals surface area contributed by atoms with Crippen LogP contribution in [0.4, 0.5) is 0 Å². The lowest BCUT2D eigenvalue weighted by Crippen LogP contribution is -2.41. The minimum atomic E-state index is -0.0575. The maximum Gasteiger partial charge on any atom is 0.251 e. The van der Waals surface area contributed by atoms with Crippen molar-refractivity contribution in [1.29, 1.82) is 0 Å². The first-order chi connectivity index (χ1) is 13.1. The average molecular weight is 388 g/mol. The number of carbonyl (C=O) groups is 1. The van der Waals surface area contributed by atoms with E-state index in [1.54, 1.807) is 11.3 Å². The molecule has 0 aliphatic carbocycles. The highest BCUT2D eigenvalue weighted by Crippen LogP contribution is 2.13. The summed E-state index contributed by atoms with van der Waals surface area (Å²) in [4.78, 5) is 22.4. The van der Waals surface area contributed by atoms with Gasteiger partial charge in [-0.3, -0.25) is 9.79 Å². The number of nitrogens with one attached hydrogen (secondary N) is 3. The second-order valence-electron chi connectivity index (χ2n) is 6.14. The van der Waals surface area contributed by atoms with E-state index in [1.165, 1.54) is 4.88 Å². The van der Waals surface area contributed by atoms with Crippen molar-refractivity contribution in [2.24, 2.45) is 4.99 Å². The van der Waals surface area contributed by atoms with E-state index in [9.17, 15) is 4.79 Å². The third kappa shape index (κ3) is 7.38. The van der Waals surface area contributed by atoms with Gasteiger partial charge in [-0.25, -0.2) is 4.98 Å². The lowest BCUT2D eigenvalue weighted by molar-refractivity contribution is 0.0954. The first kappa shape index (κ1) is 20.9. The summed E-state index contributed by atoms with van der Waals surface area (Å²) in [5, 5.41) is 10.5. The highest BCUT2D eigenvalue weighted by atomic mass is 32.1. The molecule has 1 amide bonds. The number of thiazole rings is 1. The molecule has 1 aromatic carbocycles. The standard InChI is InChI=1S/C20H29N5OS/c1-4-17-14-25-18(27-17)9-10-23-20(21-5-2)24-12-11-22-19(26)16-8-6-7-15(3)13-16/h6-8,13-14H,4-5,9-12H2,1-3H3,(H,22,26)(H2,21,23,24). The Bertz CT molecular complexity index is 756. The number of hydrogen-bond donors (Lipinski definition) is 3. The number of aromatic nitrogens is 1. The van der Waals surface area contributed by atoms with Crippen LogP contribution in [0.2, 0.25) is 0 Å². The fourth-order valence-electron chi connectivity index (χ4n) is 2.48. The van der Waals surface area contributed by atoms with Gasteiger partial charge in [0.1, 0.15) is 0 Å². The fourth-order valence-corrected chi connectivity index (χ4v) is 3.33. The Balaban J connectivity index is 1.73. The predicted octanol–water partition coefficient (Wildman–Crippen LogP) is 2.54. The Morgan fingerprint density at radius 1 is 1.19 bits per heavy atom. The van der Waals surface area contributed by atoms with E-state index in [0.717, 1.165) is 35.9 Å². The van der Waals surface area contributed by atoms with Crippen LogP contribution in [-0.2, 0) is 12.8 Å². The highest BCUT2D eigenvalue weighted by Gasteiger charge is 2.05. The maximum absolute atomic E-state index is 12.1. The van der Waals surface area contributed by atoms with Crippen molar-refractivity contribution >= 4 is 23.2 Å². The van der Waals surface area contributed by atoms with Crippen molar-refractivity contribution in [3.63, 3.8) is 0 Å². The quantitative estimate of drug-likeness (QED) is 0.351. The van der Waals surface area contributed by atoms with Gasteiger partial charge < -0.3 is 16.0 Å². The predicted molar refractivity (Wildman–Crippen MR) is 113 cm³/mol. The van der Waals surface area contributed by atoms with Gasteiger partial charge in [0, 0.05) is 49.2 Å². The van der Waals surface area contributed by atoms with Gasteiger partial charge in [-0.15, -0.1) is 11.3 Å². The molecule has 1 heterocycles. The zero-order chi connectivity index (χ0) is 19.5. The Hall–Kier alpha value is -2.41. The second-order valence-corrected chi connectivity index (χ2v) is 7.34. The number of nitrogens with zero attached hydrogens (tertiary/aromatic N) is 2. The summed E-state index contributed by atoms with van der Waals surface area (Å²) in [6, 6.07) is 7.58. The SMILES string of the molecule is CCNC(=NCCc1ncc(CC)s1)NCCNC(=O)c1cccc(C)c1. The molecule has 0 fully saturated rings. The molecule has 0 radical (unpaired) electrons. The molecule has 0 spiro atoms. The number of hydrogen-bond acceptors (Lipinski definition) is 4. The van der Waals surface area contributed by atoms with Crippen molar-refractivity contribution in [3.8, 4) is 0 Å². The minimum absolute atomic E-state index is 0.0575. The normalized spacial score (nSPS) is 11.3. The van der Waals surface area contributed by atoms with Gasteiger partial charge in [0.2, 0.25) is 0 Å². The van der Waals surface area contributed by atoms with Crippen molar-refractivity contribution in [3.05, 3.63) is 51.5 Å². The van der Waals surface area contributed by atoms with Crippen LogP contribution in [0.3, 0.4) is 0 Å². The largest absolute Gasteiger partial charge is 0.357 e. The zero-order valence-corrected chi connectivity index (χ0v) is 17.2. The van der Waals surface area contributed by atoms with Gasteiger partial charge in [-0.1, -0.05) is 24.6 Å². The number of aliphatic imine (C=N–C) groups is 1. The van der Waals surface area contributed by atoms with Gasteiger partial charge in [0.25, 0.3) is 5.91 Å². The molecule has 146 valence electrons. The van der Waals surface area contributed by atoms with Crippen molar-refractivity contribution in [1.82, 2.24) is 20.9 Å². The zero-order valence-electron chi connectivity index (χ0n) is 16.3. The molecular formula is C20H29N5OS. The number of rotatable bonds is 9. The van der Waals surface area contributed by atoms with Crippen molar-refractivity contribution in [2.75, 3.05) is 26.2 Å². The number of benzene rings is 1. The number of aryl methyl sites for hydroxylation is 2. The van der Waals surface area contributed by atoms with E-state index in [0.29, 0.717) is 25.2 Å². The highest BCUT2D eigenvalue weighted by molar-refractivity contribution is 7.11. The molecule has 0 aliphatic rings. The van der Waals surface area contributed by atoms with Crippen LogP contribution in [0.25, 0.3) is 0 Å². The molecule has 0 saturated heterocycles. The van der Waals surface area contributed by atoms with E-state index in [1.807, 2.05) is 44.3 Å². The molecule has 1 aromatic heterocycles. The molecule has 6 nitrogen and oxygen atoms in total. The van der Waals surface area contributed by atoms with E-state index in [4.69, 9.17) is 0 Å². The topological polar surface area (TPSA) is 78.4 Å². The Kier molecular flexibility index (Phi) is 8.77. The molecule has 2 rings (SSSR count). The summed E-state index contributed by atoms with van der Waals surface area (Å²) in [6.45, 7) is 8.77. The fraction of sp³-hybridized carbons (Fsp3) is 0.450.